The van der Waals surface area contributed by atoms with E-state index < -0.39 is 0 Å². The zero-order valence-electron chi connectivity index (χ0n) is 22.6. The van der Waals surface area contributed by atoms with Crippen molar-refractivity contribution in [2.24, 2.45) is 10.2 Å². The van der Waals surface area contributed by atoms with Crippen LogP contribution in [0.2, 0.25) is 0 Å². The van der Waals surface area contributed by atoms with Gasteiger partial charge in [-0.3, -0.25) is 10.8 Å². The Labute approximate surface area is 237 Å². The lowest BCUT2D eigenvalue weighted by molar-refractivity contribution is 0.403. The van der Waals surface area contributed by atoms with Gasteiger partial charge in [0.1, 0.15) is 0 Å². The predicted octanol–water partition coefficient (Wildman–Crippen LogP) is 6.77. The van der Waals surface area contributed by atoms with Crippen LogP contribution in [0, 0.1) is 17.7 Å². The number of nitrogens with zero attached hydrogens (tertiary/aromatic N) is 4. The van der Waals surface area contributed by atoms with Gasteiger partial charge < -0.3 is 13.9 Å². The van der Waals surface area contributed by atoms with Gasteiger partial charge in [-0.15, -0.1) is 15.3 Å². The molecule has 9 heteroatoms. The average molecular weight is 545 g/mol. The number of nitrogens with one attached hydrogen (secondary N) is 2. The zero-order chi connectivity index (χ0) is 29.0. The van der Waals surface area contributed by atoms with Crippen molar-refractivity contribution in [1.29, 1.82) is 10.8 Å². The topological polar surface area (TPSA) is 130 Å². The number of hydrogen-bond acceptors (Lipinski definition) is 9. The Morgan fingerprint density at radius 3 is 1.80 bits per heavy atom. The number of aromatic nitrogens is 2. The molecule has 0 aliphatic rings. The van der Waals surface area contributed by atoms with Crippen molar-refractivity contribution in [2.75, 3.05) is 7.11 Å². The molecule has 0 unspecified atom stereocenters. The summed E-state index contributed by atoms with van der Waals surface area (Å²) in [4.78, 5) is 0. The summed E-state index contributed by atoms with van der Waals surface area (Å²) in [6.45, 7) is 5.45. The molecule has 0 saturated heterocycles. The molecule has 2 N–H and O–H groups in total. The van der Waals surface area contributed by atoms with Crippen LogP contribution in [-0.2, 0) is 9.47 Å². The van der Waals surface area contributed by atoms with Crippen LogP contribution < -0.4 is 0 Å². The van der Waals surface area contributed by atoms with E-state index in [1.54, 1.807) is 42.5 Å². The second kappa shape index (κ2) is 13.9. The van der Waals surface area contributed by atoms with Crippen LogP contribution in [0.15, 0.2) is 124 Å². The maximum Gasteiger partial charge on any atom is 0.248 e. The van der Waals surface area contributed by atoms with Crippen LogP contribution in [-0.4, -0.2) is 41.7 Å². The van der Waals surface area contributed by atoms with E-state index in [1.165, 1.54) is 12.7 Å². The molecule has 0 saturated carbocycles. The van der Waals surface area contributed by atoms with Gasteiger partial charge in [-0.05, 0) is 49.4 Å². The highest BCUT2D eigenvalue weighted by Crippen LogP contribution is 2.26. The molecular formula is C32H28N6O3. The number of aryl methyl sites for hydroxylation is 1. The summed E-state index contributed by atoms with van der Waals surface area (Å²) < 4.78 is 16.7. The maximum atomic E-state index is 8.46. The molecule has 9 nitrogen and oxygen atoms in total. The summed E-state index contributed by atoms with van der Waals surface area (Å²) in [5.41, 5.74) is 3.99. The molecule has 0 amide bonds. The molecule has 5 rings (SSSR count). The van der Waals surface area contributed by atoms with Crippen molar-refractivity contribution in [2.45, 2.75) is 6.92 Å². The third-order valence-electron chi connectivity index (χ3n) is 5.67. The highest BCUT2D eigenvalue weighted by atomic mass is 16.5. The minimum atomic E-state index is -0.248. The largest absolute Gasteiger partial charge is 0.479 e. The fourth-order valence-electron chi connectivity index (χ4n) is 3.67. The van der Waals surface area contributed by atoms with Gasteiger partial charge >= 0.3 is 0 Å². The van der Waals surface area contributed by atoms with Crippen molar-refractivity contribution in [3.8, 4) is 22.9 Å². The first-order valence-corrected chi connectivity index (χ1v) is 12.5. The highest BCUT2D eigenvalue weighted by Gasteiger charge is 2.18. The van der Waals surface area contributed by atoms with E-state index in [2.05, 4.69) is 46.2 Å². The maximum absolute atomic E-state index is 8.46. The Balaban J connectivity index is 0.000000483. The van der Waals surface area contributed by atoms with Crippen molar-refractivity contribution in [3.05, 3.63) is 131 Å². The van der Waals surface area contributed by atoms with E-state index in [0.29, 0.717) is 28.1 Å². The van der Waals surface area contributed by atoms with Gasteiger partial charge in [0.25, 0.3) is 0 Å². The average Bonchev–Trinajstić information content (AvgIpc) is 3.52. The van der Waals surface area contributed by atoms with Gasteiger partial charge in [-0.25, -0.2) is 0 Å². The monoisotopic (exact) mass is 544 g/mol. The number of benzene rings is 4. The molecule has 1 heterocycles. The molecule has 5 aromatic rings. The fourth-order valence-corrected chi connectivity index (χ4v) is 3.67. The van der Waals surface area contributed by atoms with Crippen LogP contribution >= 0.6 is 0 Å². The van der Waals surface area contributed by atoms with Crippen LogP contribution in [0.5, 0.6) is 0 Å². The van der Waals surface area contributed by atoms with Gasteiger partial charge in [0.05, 0.1) is 7.11 Å². The number of ether oxygens (including phenoxy) is 2. The van der Waals surface area contributed by atoms with E-state index in [1.807, 2.05) is 54.6 Å². The normalized spacial score (nSPS) is 10.6. The molecule has 0 fully saturated rings. The summed E-state index contributed by atoms with van der Waals surface area (Å²) in [6.07, 6.45) is 0. The molecular weight excluding hydrogens is 516 g/mol. The summed E-state index contributed by atoms with van der Waals surface area (Å²) in [5, 5.41) is 32.4. The molecule has 1 aromatic heterocycles. The highest BCUT2D eigenvalue weighted by molar-refractivity contribution is 6.06. The quantitative estimate of drug-likeness (QED) is 0.138. The predicted molar refractivity (Wildman–Crippen MR) is 161 cm³/mol. The Morgan fingerprint density at radius 1 is 0.707 bits per heavy atom. The van der Waals surface area contributed by atoms with E-state index >= 15 is 0 Å². The van der Waals surface area contributed by atoms with Gasteiger partial charge in [-0.1, -0.05) is 72.3 Å². The standard InChI is InChI=1S/C25H20N6O3.C7H8/c1-28-29-23(32-2)19-13-18(22(27)33-21(26)16-9-5-3-6-10-16)14-20(15-19)25-31-30-24(34-25)17-11-7-4-8-12-17;1-7-5-3-2-4-6-7/h3-15,26-27H,1H2,2H3;2-6H,1H3/b26-21?,27-22?,29-23-;. The van der Waals surface area contributed by atoms with Crippen molar-refractivity contribution in [3.63, 3.8) is 0 Å². The van der Waals surface area contributed by atoms with Crippen molar-refractivity contribution in [1.82, 2.24) is 10.2 Å². The smallest absolute Gasteiger partial charge is 0.248 e. The molecule has 0 bridgehead atoms. The molecule has 0 aliphatic carbocycles. The number of methoxy groups -OCH3 is 1. The molecule has 0 radical (unpaired) electrons. The van der Waals surface area contributed by atoms with E-state index in [9.17, 15) is 0 Å². The first-order valence-electron chi connectivity index (χ1n) is 12.5. The van der Waals surface area contributed by atoms with Crippen LogP contribution in [0.3, 0.4) is 0 Å². The third kappa shape index (κ3) is 7.67. The zero-order valence-corrected chi connectivity index (χ0v) is 22.6. The van der Waals surface area contributed by atoms with Gasteiger partial charge in [0.2, 0.25) is 29.5 Å². The van der Waals surface area contributed by atoms with Crippen LogP contribution in [0.1, 0.15) is 22.3 Å². The van der Waals surface area contributed by atoms with E-state index in [0.717, 1.165) is 5.56 Å². The summed E-state index contributed by atoms with van der Waals surface area (Å²) in [5.74, 6) is 0.353. The molecule has 0 spiro atoms. The number of rotatable bonds is 6. The Hall–Kier alpha value is -5.70. The van der Waals surface area contributed by atoms with Crippen LogP contribution in [0.25, 0.3) is 22.9 Å². The molecule has 4 aromatic carbocycles. The minimum Gasteiger partial charge on any atom is -0.479 e. The number of hydrogen-bond donors (Lipinski definition) is 2. The van der Waals surface area contributed by atoms with Gasteiger partial charge in [-0.2, -0.15) is 5.10 Å². The van der Waals surface area contributed by atoms with E-state index in [-0.39, 0.29) is 23.6 Å². The molecule has 0 atom stereocenters. The van der Waals surface area contributed by atoms with E-state index in [4.69, 9.17) is 24.7 Å². The second-order valence-electron chi connectivity index (χ2n) is 8.61. The Bertz CT molecular complexity index is 1650. The van der Waals surface area contributed by atoms with Crippen LogP contribution in [0.4, 0.5) is 0 Å². The minimum absolute atomic E-state index is 0.157. The third-order valence-corrected chi connectivity index (χ3v) is 5.67. The Kier molecular flexibility index (Phi) is 9.60. The first kappa shape index (κ1) is 28.3. The summed E-state index contributed by atoms with van der Waals surface area (Å²) in [6, 6.07) is 33.5. The molecule has 204 valence electrons. The summed E-state index contributed by atoms with van der Waals surface area (Å²) >= 11 is 0. The van der Waals surface area contributed by atoms with Gasteiger partial charge in [0.15, 0.2) is 0 Å². The van der Waals surface area contributed by atoms with Crippen molar-refractivity contribution >= 4 is 24.4 Å². The lowest BCUT2D eigenvalue weighted by Crippen LogP contribution is -2.14. The SMILES string of the molecule is C=N/N=C(\OC)c1cc(C(=N)OC(=N)c2ccccc2)cc(-c2nnc(-c3ccccc3)o2)c1.Cc1ccccc1. The fraction of sp³-hybridized carbons (Fsp3) is 0.0625. The second-order valence-corrected chi connectivity index (χ2v) is 8.61. The summed E-state index contributed by atoms with van der Waals surface area (Å²) in [7, 11) is 1.45. The lowest BCUT2D eigenvalue weighted by atomic mass is 10.0. The lowest BCUT2D eigenvalue weighted by Gasteiger charge is -2.11. The molecule has 0 aliphatic heterocycles. The first-order chi connectivity index (χ1) is 20.0. The Morgan fingerprint density at radius 2 is 1.24 bits per heavy atom. The van der Waals surface area contributed by atoms with Crippen molar-refractivity contribution < 1.29 is 13.9 Å². The van der Waals surface area contributed by atoms with Gasteiger partial charge in [0, 0.05) is 34.5 Å². The molecule has 41 heavy (non-hydrogen) atoms.